The minimum atomic E-state index is -0.0843. The van der Waals surface area contributed by atoms with E-state index in [2.05, 4.69) is 46.9 Å². The van der Waals surface area contributed by atoms with Crippen molar-refractivity contribution in [3.63, 3.8) is 0 Å². The van der Waals surface area contributed by atoms with Gasteiger partial charge in [-0.3, -0.25) is 14.5 Å². The molecule has 1 aromatic heterocycles. The fourth-order valence-corrected chi connectivity index (χ4v) is 3.73. The molecule has 0 radical (unpaired) electrons. The van der Waals surface area contributed by atoms with E-state index in [1.807, 2.05) is 11.3 Å². The average Bonchev–Trinajstić information content (AvgIpc) is 3.10. The second kappa shape index (κ2) is 10.6. The predicted octanol–water partition coefficient (Wildman–Crippen LogP) is 2.63. The van der Waals surface area contributed by atoms with Gasteiger partial charge >= 0.3 is 0 Å². The van der Waals surface area contributed by atoms with E-state index in [0.29, 0.717) is 24.8 Å². The third kappa shape index (κ3) is 8.01. The Morgan fingerprint density at radius 2 is 2.00 bits per heavy atom. The number of piperidine rings is 1. The highest BCUT2D eigenvalue weighted by Crippen LogP contribution is 2.20. The highest BCUT2D eigenvalue weighted by atomic mass is 32.1. The maximum absolute atomic E-state index is 11.9. The predicted molar refractivity (Wildman–Crippen MR) is 102 cm³/mol. The van der Waals surface area contributed by atoms with Crippen LogP contribution in [0.1, 0.15) is 44.4 Å². The summed E-state index contributed by atoms with van der Waals surface area (Å²) in [5, 5.41) is 7.79. The van der Waals surface area contributed by atoms with Crippen molar-refractivity contribution in [1.82, 2.24) is 15.5 Å². The van der Waals surface area contributed by atoms with Crippen LogP contribution >= 0.6 is 11.3 Å². The van der Waals surface area contributed by atoms with Crippen LogP contribution in [-0.2, 0) is 16.1 Å². The van der Waals surface area contributed by atoms with Crippen LogP contribution in [0.4, 0.5) is 0 Å². The van der Waals surface area contributed by atoms with Gasteiger partial charge in [-0.05, 0) is 55.6 Å². The molecule has 1 saturated heterocycles. The summed E-state index contributed by atoms with van der Waals surface area (Å²) >= 11 is 1.81. The first-order valence-corrected chi connectivity index (χ1v) is 10.2. The quantitative estimate of drug-likeness (QED) is 0.707. The molecular weight excluding hydrogens is 334 g/mol. The van der Waals surface area contributed by atoms with Gasteiger partial charge in [-0.15, -0.1) is 11.3 Å². The van der Waals surface area contributed by atoms with E-state index in [-0.39, 0.29) is 18.4 Å². The van der Waals surface area contributed by atoms with Crippen molar-refractivity contribution in [2.75, 3.05) is 26.2 Å². The zero-order valence-corrected chi connectivity index (χ0v) is 16.2. The molecule has 0 saturated carbocycles. The second-order valence-electron chi connectivity index (χ2n) is 7.31. The smallest absolute Gasteiger partial charge is 0.239 e. The third-order valence-corrected chi connectivity index (χ3v) is 5.51. The normalized spacial score (nSPS) is 16.1. The van der Waals surface area contributed by atoms with E-state index in [9.17, 15) is 9.59 Å². The topological polar surface area (TPSA) is 61.4 Å². The van der Waals surface area contributed by atoms with Crippen molar-refractivity contribution >= 4 is 23.2 Å². The van der Waals surface area contributed by atoms with Gasteiger partial charge in [0.1, 0.15) is 0 Å². The number of nitrogens with zero attached hydrogens (tertiary/aromatic N) is 1. The fourth-order valence-electron chi connectivity index (χ4n) is 2.98. The number of rotatable bonds is 9. The van der Waals surface area contributed by atoms with E-state index in [0.717, 1.165) is 38.9 Å². The fraction of sp³-hybridized carbons (Fsp3) is 0.684. The van der Waals surface area contributed by atoms with Gasteiger partial charge in [0.15, 0.2) is 0 Å². The zero-order valence-electron chi connectivity index (χ0n) is 15.4. The summed E-state index contributed by atoms with van der Waals surface area (Å²) in [4.78, 5) is 27.4. The number of hydrogen-bond donors (Lipinski definition) is 2. The van der Waals surface area contributed by atoms with E-state index in [4.69, 9.17) is 0 Å². The maximum Gasteiger partial charge on any atom is 0.239 e. The van der Waals surface area contributed by atoms with Gasteiger partial charge in [0, 0.05) is 24.4 Å². The number of nitrogens with one attached hydrogen (secondary N) is 2. The Morgan fingerprint density at radius 1 is 1.24 bits per heavy atom. The Morgan fingerprint density at radius 3 is 2.64 bits per heavy atom. The molecule has 2 N–H and O–H groups in total. The molecule has 0 aliphatic carbocycles. The lowest BCUT2D eigenvalue weighted by molar-refractivity contribution is -0.126. The molecule has 2 heterocycles. The van der Waals surface area contributed by atoms with E-state index in [1.54, 1.807) is 0 Å². The van der Waals surface area contributed by atoms with Crippen molar-refractivity contribution < 1.29 is 9.59 Å². The molecule has 5 nitrogen and oxygen atoms in total. The minimum absolute atomic E-state index is 0.0364. The number of likely N-dealkylation sites (tertiary alicyclic amines) is 1. The lowest BCUT2D eigenvalue weighted by atomic mass is 9.97. The van der Waals surface area contributed by atoms with Gasteiger partial charge in [-0.1, -0.05) is 19.9 Å². The van der Waals surface area contributed by atoms with Crippen LogP contribution in [-0.4, -0.2) is 42.9 Å². The third-order valence-electron chi connectivity index (χ3n) is 4.65. The zero-order chi connectivity index (χ0) is 18.1. The first-order chi connectivity index (χ1) is 12.0. The summed E-state index contributed by atoms with van der Waals surface area (Å²) < 4.78 is 0. The molecular formula is C19H31N3O2S. The van der Waals surface area contributed by atoms with Crippen LogP contribution in [0.15, 0.2) is 17.5 Å². The van der Waals surface area contributed by atoms with Crippen LogP contribution in [0, 0.1) is 11.8 Å². The summed E-state index contributed by atoms with van der Waals surface area (Å²) in [7, 11) is 0. The highest BCUT2D eigenvalue weighted by molar-refractivity contribution is 7.09. The van der Waals surface area contributed by atoms with Gasteiger partial charge in [0.25, 0.3) is 0 Å². The number of amides is 2. The van der Waals surface area contributed by atoms with Crippen molar-refractivity contribution in [2.45, 2.75) is 46.1 Å². The average molecular weight is 366 g/mol. The molecule has 25 heavy (non-hydrogen) atoms. The first-order valence-electron chi connectivity index (χ1n) is 9.31. The number of hydrogen-bond acceptors (Lipinski definition) is 4. The number of carbonyl (C=O) groups is 2. The Balaban J connectivity index is 1.54. The van der Waals surface area contributed by atoms with E-state index in [1.165, 1.54) is 4.88 Å². The molecule has 0 bridgehead atoms. The SMILES string of the molecule is CC(C)CCC(=O)NCC(=O)NCC1CCN(Cc2cccs2)CC1. The van der Waals surface area contributed by atoms with Crippen LogP contribution in [0.3, 0.4) is 0 Å². The molecule has 1 fully saturated rings. The molecule has 1 aliphatic heterocycles. The lowest BCUT2D eigenvalue weighted by Gasteiger charge is -2.31. The molecule has 140 valence electrons. The number of thiophene rings is 1. The summed E-state index contributed by atoms with van der Waals surface area (Å²) in [5.74, 6) is 0.926. The van der Waals surface area contributed by atoms with Crippen LogP contribution in [0.25, 0.3) is 0 Å². The summed E-state index contributed by atoms with van der Waals surface area (Å²) in [6.45, 7) is 8.20. The summed E-state index contributed by atoms with van der Waals surface area (Å²) in [6, 6.07) is 4.29. The molecule has 6 heteroatoms. The summed E-state index contributed by atoms with van der Waals surface area (Å²) in [6.07, 6.45) is 3.59. The van der Waals surface area contributed by atoms with Crippen molar-refractivity contribution in [3.05, 3.63) is 22.4 Å². The van der Waals surface area contributed by atoms with Gasteiger partial charge in [-0.25, -0.2) is 0 Å². The standard InChI is InChI=1S/C19H31N3O2S/c1-15(2)5-6-18(23)21-13-19(24)20-12-16-7-9-22(10-8-16)14-17-4-3-11-25-17/h3-4,11,15-16H,5-10,12-14H2,1-2H3,(H,20,24)(H,21,23). The highest BCUT2D eigenvalue weighted by Gasteiger charge is 2.20. The Bertz CT molecular complexity index is 523. The van der Waals surface area contributed by atoms with Crippen LogP contribution in [0.2, 0.25) is 0 Å². The summed E-state index contributed by atoms with van der Waals surface area (Å²) in [5.41, 5.74) is 0. The molecule has 2 rings (SSSR count). The van der Waals surface area contributed by atoms with Crippen molar-refractivity contribution in [2.24, 2.45) is 11.8 Å². The molecule has 2 amide bonds. The van der Waals surface area contributed by atoms with Crippen molar-refractivity contribution in [1.29, 1.82) is 0 Å². The number of carbonyl (C=O) groups excluding carboxylic acids is 2. The molecule has 1 aliphatic rings. The minimum Gasteiger partial charge on any atom is -0.354 e. The second-order valence-corrected chi connectivity index (χ2v) is 8.34. The van der Waals surface area contributed by atoms with Gasteiger partial charge in [0.2, 0.25) is 11.8 Å². The molecule has 0 aromatic carbocycles. The first kappa shape index (κ1) is 19.9. The van der Waals surface area contributed by atoms with Gasteiger partial charge < -0.3 is 10.6 Å². The van der Waals surface area contributed by atoms with Crippen molar-refractivity contribution in [3.8, 4) is 0 Å². The maximum atomic E-state index is 11.9. The Kier molecular flexibility index (Phi) is 8.41. The van der Waals surface area contributed by atoms with E-state index >= 15 is 0 Å². The Labute approximate surface area is 155 Å². The molecule has 0 unspecified atom stereocenters. The largest absolute Gasteiger partial charge is 0.354 e. The molecule has 0 spiro atoms. The lowest BCUT2D eigenvalue weighted by Crippen LogP contribution is -2.41. The van der Waals surface area contributed by atoms with Crippen LogP contribution in [0.5, 0.6) is 0 Å². The van der Waals surface area contributed by atoms with Gasteiger partial charge in [-0.2, -0.15) is 0 Å². The monoisotopic (exact) mass is 365 g/mol. The molecule has 1 aromatic rings. The van der Waals surface area contributed by atoms with Gasteiger partial charge in [0.05, 0.1) is 6.54 Å². The molecule has 0 atom stereocenters. The van der Waals surface area contributed by atoms with E-state index < -0.39 is 0 Å². The van der Waals surface area contributed by atoms with Crippen LogP contribution < -0.4 is 10.6 Å². The Hall–Kier alpha value is -1.40.